The number of carbonyl (C=O) groups is 1. The van der Waals surface area contributed by atoms with E-state index in [0.29, 0.717) is 23.7 Å². The van der Waals surface area contributed by atoms with E-state index in [-0.39, 0.29) is 6.42 Å². The number of aliphatic hydroxyl groups is 2. The number of aliphatic hydroxyl groups excluding tert-OH is 2. The third-order valence-electron chi connectivity index (χ3n) is 7.41. The molecule has 184 valence electrons. The van der Waals surface area contributed by atoms with Crippen molar-refractivity contribution in [2.45, 2.75) is 75.7 Å². The van der Waals surface area contributed by atoms with Crippen molar-refractivity contribution in [3.05, 3.63) is 23.7 Å². The van der Waals surface area contributed by atoms with Crippen LogP contribution >= 0.6 is 11.3 Å². The third-order valence-corrected chi connectivity index (χ3v) is 8.45. The van der Waals surface area contributed by atoms with Crippen molar-refractivity contribution in [2.75, 3.05) is 10.6 Å². The molecule has 3 saturated carbocycles. The highest BCUT2D eigenvalue weighted by Crippen LogP contribution is 2.44. The van der Waals surface area contributed by atoms with E-state index in [1.807, 2.05) is 19.2 Å². The molecule has 0 bridgehead atoms. The van der Waals surface area contributed by atoms with Crippen LogP contribution in [-0.2, 0) is 4.79 Å². The van der Waals surface area contributed by atoms with Gasteiger partial charge in [-0.25, -0.2) is 9.97 Å². The van der Waals surface area contributed by atoms with Crippen molar-refractivity contribution in [3.63, 3.8) is 0 Å². The maximum atomic E-state index is 11.8. The third kappa shape index (κ3) is 4.11. The molecule has 0 aromatic carbocycles. The normalized spacial score (nSPS) is 26.6. The van der Waals surface area contributed by atoms with Gasteiger partial charge in [0.2, 0.25) is 11.9 Å². The lowest BCUT2D eigenvalue weighted by Crippen LogP contribution is -2.37. The van der Waals surface area contributed by atoms with Crippen molar-refractivity contribution in [2.24, 2.45) is 11.7 Å². The number of carbonyl (C=O) groups excluding carboxylic acids is 1. The van der Waals surface area contributed by atoms with Gasteiger partial charge in [-0.3, -0.25) is 9.78 Å². The molecule has 6 rings (SSSR count). The molecule has 0 radical (unpaired) electrons. The molecule has 0 spiro atoms. The number of anilines is 2. The lowest BCUT2D eigenvalue weighted by atomic mass is 9.93. The predicted molar refractivity (Wildman–Crippen MR) is 133 cm³/mol. The van der Waals surface area contributed by atoms with Crippen molar-refractivity contribution >= 4 is 39.2 Å². The number of aromatic nitrogens is 4. The number of fused-ring (bicyclic) bond motifs is 1. The lowest BCUT2D eigenvalue weighted by molar-refractivity contribution is -0.125. The molecule has 3 aromatic heterocycles. The molecule has 4 unspecified atom stereocenters. The number of primary amides is 1. The van der Waals surface area contributed by atoms with Gasteiger partial charge in [0, 0.05) is 18.2 Å². The fraction of sp³-hybridized carbons (Fsp3) is 0.542. The molecule has 3 aliphatic rings. The van der Waals surface area contributed by atoms with E-state index >= 15 is 0 Å². The van der Waals surface area contributed by atoms with Crippen LogP contribution in [-0.4, -0.2) is 60.3 Å². The van der Waals surface area contributed by atoms with E-state index in [9.17, 15) is 15.0 Å². The molecule has 3 aromatic rings. The maximum absolute atomic E-state index is 11.8. The molecule has 3 aliphatic carbocycles. The number of hydrogen-bond acceptors (Lipinski definition) is 10. The summed E-state index contributed by atoms with van der Waals surface area (Å²) in [6.45, 7) is 1.92. The molecule has 0 saturated heterocycles. The highest BCUT2D eigenvalue weighted by atomic mass is 32.1. The molecule has 3 heterocycles. The fourth-order valence-electron chi connectivity index (χ4n) is 5.00. The lowest BCUT2D eigenvalue weighted by Gasteiger charge is -2.27. The van der Waals surface area contributed by atoms with Crippen LogP contribution in [0.2, 0.25) is 0 Å². The summed E-state index contributed by atoms with van der Waals surface area (Å²) in [7, 11) is 0. The number of amides is 1. The first-order chi connectivity index (χ1) is 16.9. The minimum absolute atomic E-state index is 0.209. The van der Waals surface area contributed by atoms with Crippen LogP contribution in [0.1, 0.15) is 55.8 Å². The van der Waals surface area contributed by atoms with Crippen molar-refractivity contribution in [1.29, 1.82) is 0 Å². The Hall–Kier alpha value is -2.89. The molecule has 10 nitrogen and oxygen atoms in total. The monoisotopic (exact) mass is 495 g/mol. The minimum atomic E-state index is -1.22. The molecule has 6 N–H and O–H groups in total. The molecule has 0 aliphatic heterocycles. The van der Waals surface area contributed by atoms with Gasteiger partial charge >= 0.3 is 0 Å². The Labute approximate surface area is 206 Å². The Morgan fingerprint density at radius 2 is 1.91 bits per heavy atom. The topological polar surface area (TPSA) is 159 Å². The molecule has 4 atom stereocenters. The fourth-order valence-corrected chi connectivity index (χ4v) is 6.07. The number of rotatable bonds is 7. The van der Waals surface area contributed by atoms with E-state index in [2.05, 4.69) is 15.6 Å². The summed E-state index contributed by atoms with van der Waals surface area (Å²) in [5.41, 5.74) is 8.91. The van der Waals surface area contributed by atoms with E-state index in [1.54, 1.807) is 11.3 Å². The summed E-state index contributed by atoms with van der Waals surface area (Å²) in [6.07, 6.45) is 5.29. The zero-order valence-corrected chi connectivity index (χ0v) is 20.3. The van der Waals surface area contributed by atoms with E-state index in [1.165, 1.54) is 6.42 Å². The zero-order valence-electron chi connectivity index (χ0n) is 19.4. The van der Waals surface area contributed by atoms with Crippen LogP contribution < -0.4 is 16.4 Å². The Balaban J connectivity index is 1.41. The number of hydrogen-bond donors (Lipinski definition) is 5. The van der Waals surface area contributed by atoms with Gasteiger partial charge in [0.15, 0.2) is 0 Å². The van der Waals surface area contributed by atoms with Crippen molar-refractivity contribution < 1.29 is 15.0 Å². The Morgan fingerprint density at radius 1 is 1.11 bits per heavy atom. The number of nitrogens with zero attached hydrogens (tertiary/aromatic N) is 4. The quantitative estimate of drug-likeness (QED) is 0.331. The van der Waals surface area contributed by atoms with Gasteiger partial charge in [-0.15, -0.1) is 11.3 Å². The smallest absolute Gasteiger partial charge is 0.225 e. The van der Waals surface area contributed by atoms with Crippen LogP contribution in [0.5, 0.6) is 0 Å². The van der Waals surface area contributed by atoms with E-state index < -0.39 is 30.1 Å². The molecule has 11 heteroatoms. The summed E-state index contributed by atoms with van der Waals surface area (Å²) < 4.78 is 1.06. The maximum Gasteiger partial charge on any atom is 0.225 e. The summed E-state index contributed by atoms with van der Waals surface area (Å²) >= 11 is 1.56. The van der Waals surface area contributed by atoms with Gasteiger partial charge in [-0.2, -0.15) is 4.98 Å². The molecule has 3 fully saturated rings. The summed E-state index contributed by atoms with van der Waals surface area (Å²) in [4.78, 5) is 30.8. The average molecular weight is 496 g/mol. The zero-order chi connectivity index (χ0) is 24.3. The Bertz CT molecular complexity index is 1290. The van der Waals surface area contributed by atoms with Gasteiger partial charge < -0.3 is 26.6 Å². The highest BCUT2D eigenvalue weighted by molar-refractivity contribution is 7.21. The Morgan fingerprint density at radius 3 is 2.57 bits per heavy atom. The van der Waals surface area contributed by atoms with Gasteiger partial charge in [0.1, 0.15) is 22.4 Å². The molecular formula is C24H29N7O3S. The SMILES string of the molecule is Cc1nc(NC2CCC2)nc(NC2CC(C(N)=O)C(O)C2O)c1-c1nc2c(C3CC3)nccc2s1. The van der Waals surface area contributed by atoms with Crippen molar-refractivity contribution in [1.82, 2.24) is 19.9 Å². The van der Waals surface area contributed by atoms with Crippen LogP contribution in [0.25, 0.3) is 20.8 Å². The van der Waals surface area contributed by atoms with Crippen LogP contribution in [0, 0.1) is 12.8 Å². The van der Waals surface area contributed by atoms with Gasteiger partial charge in [-0.05, 0) is 51.5 Å². The number of nitrogens with two attached hydrogens (primary N) is 1. The Kier molecular flexibility index (Phi) is 5.58. The standard InChI is InChI=1S/C24H29N7O3S/c1-10-16(23-30-18-15(35-23)7-8-26-17(18)11-5-6-11)22(31-24(27-10)28-12-3-2-4-12)29-14-9-13(21(25)34)19(32)20(14)33/h7-8,11-14,19-20,32-33H,2-6,9H2,1H3,(H2,25,34)(H2,27,28,29,31). The van der Waals surface area contributed by atoms with Gasteiger partial charge in [0.25, 0.3) is 0 Å². The first-order valence-corrected chi connectivity index (χ1v) is 13.0. The second-order valence-corrected chi connectivity index (χ2v) is 11.0. The van der Waals surface area contributed by atoms with Crippen LogP contribution in [0.3, 0.4) is 0 Å². The van der Waals surface area contributed by atoms with Crippen LogP contribution in [0.4, 0.5) is 11.8 Å². The average Bonchev–Trinajstić information content (AvgIpc) is 3.49. The van der Waals surface area contributed by atoms with Gasteiger partial charge in [0.05, 0.1) is 39.7 Å². The van der Waals surface area contributed by atoms with Crippen molar-refractivity contribution in [3.8, 4) is 10.6 Å². The number of thiazole rings is 1. The summed E-state index contributed by atoms with van der Waals surface area (Å²) in [6, 6.07) is 1.73. The van der Waals surface area contributed by atoms with Crippen LogP contribution in [0.15, 0.2) is 12.3 Å². The number of pyridine rings is 1. The minimum Gasteiger partial charge on any atom is -0.390 e. The second-order valence-electron chi connectivity index (χ2n) is 9.94. The molecular weight excluding hydrogens is 466 g/mol. The largest absolute Gasteiger partial charge is 0.390 e. The molecule has 1 amide bonds. The highest BCUT2D eigenvalue weighted by Gasteiger charge is 2.44. The van der Waals surface area contributed by atoms with Gasteiger partial charge in [-0.1, -0.05) is 0 Å². The first kappa shape index (κ1) is 22.6. The van der Waals surface area contributed by atoms with E-state index in [0.717, 1.165) is 57.9 Å². The second kappa shape index (κ2) is 8.65. The summed E-state index contributed by atoms with van der Waals surface area (Å²) in [5.74, 6) is 0.0493. The number of nitrogens with one attached hydrogen (secondary N) is 2. The number of aryl methyl sites for hydroxylation is 1. The molecule has 35 heavy (non-hydrogen) atoms. The van der Waals surface area contributed by atoms with E-state index in [4.69, 9.17) is 20.7 Å². The summed E-state index contributed by atoms with van der Waals surface area (Å²) in [5, 5.41) is 28.5. The predicted octanol–water partition coefficient (Wildman–Crippen LogP) is 2.31. The first-order valence-electron chi connectivity index (χ1n) is 12.2.